The third kappa shape index (κ3) is 4.97. The Kier molecular flexibility index (Phi) is 5.49. The molecule has 1 rings (SSSR count). The Morgan fingerprint density at radius 3 is 2.21 bits per heavy atom. The van der Waals surface area contributed by atoms with Crippen molar-refractivity contribution in [3.63, 3.8) is 0 Å². The number of rotatable bonds is 4. The van der Waals surface area contributed by atoms with Crippen molar-refractivity contribution in [3.05, 3.63) is 0 Å². The van der Waals surface area contributed by atoms with Gasteiger partial charge in [0.1, 0.15) is 6.23 Å². The average molecular weight is 199 g/mol. The lowest BCUT2D eigenvalue weighted by Crippen LogP contribution is -2.29. The Morgan fingerprint density at radius 2 is 1.71 bits per heavy atom. The van der Waals surface area contributed by atoms with Crippen LogP contribution in [0, 0.1) is 5.92 Å². The second-order valence-electron chi connectivity index (χ2n) is 4.82. The summed E-state index contributed by atoms with van der Waals surface area (Å²) in [6, 6.07) is 0. The molecule has 1 atom stereocenters. The molecular weight excluding hydrogens is 174 g/mol. The maximum absolute atomic E-state index is 5.93. The first-order valence-corrected chi connectivity index (χ1v) is 6.09. The van der Waals surface area contributed by atoms with Crippen molar-refractivity contribution in [1.82, 2.24) is 0 Å². The van der Waals surface area contributed by atoms with Crippen molar-refractivity contribution < 1.29 is 4.74 Å². The summed E-state index contributed by atoms with van der Waals surface area (Å²) in [5, 5.41) is 0. The van der Waals surface area contributed by atoms with Crippen molar-refractivity contribution >= 4 is 0 Å². The van der Waals surface area contributed by atoms with E-state index >= 15 is 0 Å². The van der Waals surface area contributed by atoms with Crippen LogP contribution in [0.25, 0.3) is 0 Å². The van der Waals surface area contributed by atoms with Crippen molar-refractivity contribution in [2.24, 2.45) is 11.7 Å². The van der Waals surface area contributed by atoms with E-state index in [1.807, 2.05) is 13.8 Å². The van der Waals surface area contributed by atoms with Crippen LogP contribution < -0.4 is 5.73 Å². The summed E-state index contributed by atoms with van der Waals surface area (Å²) in [7, 11) is 0. The lowest BCUT2D eigenvalue weighted by Gasteiger charge is -2.21. The molecule has 2 heteroatoms. The molecule has 0 aromatic carbocycles. The van der Waals surface area contributed by atoms with E-state index in [-0.39, 0.29) is 12.3 Å². The molecule has 1 aliphatic carbocycles. The standard InChI is InChI=1S/C12H25NO/c1-10(2)14-12(13)9-11-7-5-3-4-6-8-11/h10-12H,3-9,13H2,1-2H3. The van der Waals surface area contributed by atoms with Gasteiger partial charge in [0.25, 0.3) is 0 Å². The summed E-state index contributed by atoms with van der Waals surface area (Å²) in [5.41, 5.74) is 5.93. The fraction of sp³-hybridized carbons (Fsp3) is 1.00. The Hall–Kier alpha value is -0.0800. The van der Waals surface area contributed by atoms with Crippen molar-refractivity contribution in [2.75, 3.05) is 0 Å². The first-order valence-electron chi connectivity index (χ1n) is 6.09. The summed E-state index contributed by atoms with van der Waals surface area (Å²) >= 11 is 0. The van der Waals surface area contributed by atoms with Crippen LogP contribution in [0.15, 0.2) is 0 Å². The number of hydrogen-bond donors (Lipinski definition) is 1. The average Bonchev–Trinajstić information content (AvgIpc) is 2.31. The maximum Gasteiger partial charge on any atom is 0.106 e. The molecule has 1 saturated carbocycles. The highest BCUT2D eigenvalue weighted by molar-refractivity contribution is 4.67. The van der Waals surface area contributed by atoms with Gasteiger partial charge in [0.15, 0.2) is 0 Å². The van der Waals surface area contributed by atoms with Crippen molar-refractivity contribution in [1.29, 1.82) is 0 Å². The molecule has 0 aromatic heterocycles. The van der Waals surface area contributed by atoms with Crippen molar-refractivity contribution in [2.45, 2.75) is 71.1 Å². The number of nitrogens with two attached hydrogens (primary N) is 1. The van der Waals surface area contributed by atoms with E-state index in [1.165, 1.54) is 38.5 Å². The number of hydrogen-bond acceptors (Lipinski definition) is 2. The molecule has 0 amide bonds. The first kappa shape index (κ1) is 12.0. The second kappa shape index (κ2) is 6.41. The zero-order chi connectivity index (χ0) is 10.4. The largest absolute Gasteiger partial charge is 0.361 e. The summed E-state index contributed by atoms with van der Waals surface area (Å²) in [5.74, 6) is 0.811. The fourth-order valence-corrected chi connectivity index (χ4v) is 2.33. The van der Waals surface area contributed by atoms with E-state index in [0.29, 0.717) is 0 Å². The van der Waals surface area contributed by atoms with Gasteiger partial charge >= 0.3 is 0 Å². The van der Waals surface area contributed by atoms with Gasteiger partial charge < -0.3 is 10.5 Å². The Bertz CT molecular complexity index is 139. The third-order valence-electron chi connectivity index (χ3n) is 2.99. The molecule has 0 spiro atoms. The van der Waals surface area contributed by atoms with Crippen LogP contribution in [0.4, 0.5) is 0 Å². The van der Waals surface area contributed by atoms with E-state index < -0.39 is 0 Å². The first-order chi connectivity index (χ1) is 6.68. The molecule has 2 N–H and O–H groups in total. The Balaban J connectivity index is 2.20. The zero-order valence-corrected chi connectivity index (χ0v) is 9.67. The summed E-state index contributed by atoms with van der Waals surface area (Å²) < 4.78 is 5.57. The van der Waals surface area contributed by atoms with Crippen LogP contribution >= 0.6 is 0 Å². The highest BCUT2D eigenvalue weighted by atomic mass is 16.5. The molecule has 2 nitrogen and oxygen atoms in total. The van der Waals surface area contributed by atoms with Crippen molar-refractivity contribution in [3.8, 4) is 0 Å². The second-order valence-corrected chi connectivity index (χ2v) is 4.82. The van der Waals surface area contributed by atoms with E-state index in [2.05, 4.69) is 0 Å². The molecule has 0 heterocycles. The molecular formula is C12H25NO. The highest BCUT2D eigenvalue weighted by Gasteiger charge is 2.16. The van der Waals surface area contributed by atoms with Gasteiger partial charge in [0, 0.05) is 0 Å². The predicted octanol–water partition coefficient (Wildman–Crippen LogP) is 3.06. The van der Waals surface area contributed by atoms with E-state index in [9.17, 15) is 0 Å². The molecule has 1 unspecified atom stereocenters. The van der Waals surface area contributed by atoms with Crippen LogP contribution in [0.1, 0.15) is 58.8 Å². The van der Waals surface area contributed by atoms with Crippen LogP contribution in [0.2, 0.25) is 0 Å². The topological polar surface area (TPSA) is 35.2 Å². The monoisotopic (exact) mass is 199 g/mol. The third-order valence-corrected chi connectivity index (χ3v) is 2.99. The molecule has 84 valence electrons. The lowest BCUT2D eigenvalue weighted by molar-refractivity contribution is -0.00287. The molecule has 0 bridgehead atoms. The van der Waals surface area contributed by atoms with E-state index in [1.54, 1.807) is 0 Å². The van der Waals surface area contributed by atoms with Gasteiger partial charge in [-0.3, -0.25) is 0 Å². The van der Waals surface area contributed by atoms with Gasteiger partial charge in [0.2, 0.25) is 0 Å². The smallest absolute Gasteiger partial charge is 0.106 e. The molecule has 1 fully saturated rings. The maximum atomic E-state index is 5.93. The minimum atomic E-state index is -0.0434. The van der Waals surface area contributed by atoms with Gasteiger partial charge in [-0.1, -0.05) is 38.5 Å². The molecule has 0 aromatic rings. The Morgan fingerprint density at radius 1 is 1.14 bits per heavy atom. The summed E-state index contributed by atoms with van der Waals surface area (Å²) in [6.45, 7) is 4.10. The normalized spacial score (nSPS) is 22.3. The van der Waals surface area contributed by atoms with Gasteiger partial charge in [-0.15, -0.1) is 0 Å². The zero-order valence-electron chi connectivity index (χ0n) is 9.67. The Labute approximate surface area is 88.2 Å². The van der Waals surface area contributed by atoms with Gasteiger partial charge in [0.05, 0.1) is 6.10 Å². The van der Waals surface area contributed by atoms with E-state index in [4.69, 9.17) is 10.5 Å². The predicted molar refractivity (Wildman–Crippen MR) is 60.0 cm³/mol. The van der Waals surface area contributed by atoms with E-state index in [0.717, 1.165) is 12.3 Å². The minimum Gasteiger partial charge on any atom is -0.361 e. The highest BCUT2D eigenvalue weighted by Crippen LogP contribution is 2.26. The summed E-state index contributed by atoms with van der Waals surface area (Å²) in [4.78, 5) is 0. The molecule has 0 radical (unpaired) electrons. The molecule has 0 aliphatic heterocycles. The van der Waals surface area contributed by atoms with Crippen LogP contribution in [-0.2, 0) is 4.74 Å². The SMILES string of the molecule is CC(C)OC(N)CC1CCCCCC1. The molecule has 0 saturated heterocycles. The van der Waals surface area contributed by atoms with Crippen LogP contribution in [-0.4, -0.2) is 12.3 Å². The fourth-order valence-electron chi connectivity index (χ4n) is 2.33. The number of ether oxygens (including phenoxy) is 1. The molecule has 14 heavy (non-hydrogen) atoms. The van der Waals surface area contributed by atoms with Crippen LogP contribution in [0.3, 0.4) is 0 Å². The quantitative estimate of drug-likeness (QED) is 0.558. The lowest BCUT2D eigenvalue weighted by atomic mass is 9.96. The minimum absolute atomic E-state index is 0.0434. The van der Waals surface area contributed by atoms with Gasteiger partial charge in [-0.2, -0.15) is 0 Å². The summed E-state index contributed by atoms with van der Waals surface area (Å²) in [6.07, 6.45) is 9.59. The van der Waals surface area contributed by atoms with Gasteiger partial charge in [-0.05, 0) is 26.2 Å². The van der Waals surface area contributed by atoms with Crippen LogP contribution in [0.5, 0.6) is 0 Å². The van der Waals surface area contributed by atoms with Gasteiger partial charge in [-0.25, -0.2) is 0 Å². The molecule has 1 aliphatic rings.